The third-order valence-corrected chi connectivity index (χ3v) is 8.62. The number of piperidine rings is 1. The van der Waals surface area contributed by atoms with Crippen molar-refractivity contribution in [3.8, 4) is 23.0 Å². The van der Waals surface area contributed by atoms with Crippen LogP contribution in [0.4, 0.5) is 0 Å². The van der Waals surface area contributed by atoms with E-state index in [0.717, 1.165) is 18.5 Å². The van der Waals surface area contributed by atoms with E-state index in [1.165, 1.54) is 10.4 Å². The standard InChI is InChI=1S/C29H33N5O4S/c1-22-12-15-33(16-13-22)39(36,37)27-11-6-8-23(19-27)28-25(21-34(32-28)26-9-4-3-5-10-26)18-24(20-30)29(35)31-14-7-17-38-2/h3-6,8-11,18-19,21-22H,7,12-17H2,1-2H3,(H,31,35). The van der Waals surface area contributed by atoms with Crippen molar-refractivity contribution in [2.75, 3.05) is 33.4 Å². The van der Waals surface area contributed by atoms with Crippen molar-refractivity contribution in [3.05, 3.63) is 71.9 Å². The molecule has 1 saturated heterocycles. The number of nitrogens with one attached hydrogen (secondary N) is 1. The van der Waals surface area contributed by atoms with Crippen LogP contribution in [-0.4, -0.2) is 61.8 Å². The lowest BCUT2D eigenvalue weighted by atomic mass is 10.0. The van der Waals surface area contributed by atoms with E-state index < -0.39 is 15.9 Å². The van der Waals surface area contributed by atoms with Crippen LogP contribution in [0, 0.1) is 17.2 Å². The molecule has 1 aliphatic heterocycles. The normalized spacial score (nSPS) is 15.2. The second kappa shape index (κ2) is 12.8. The summed E-state index contributed by atoms with van der Waals surface area (Å²) >= 11 is 0. The maximum Gasteiger partial charge on any atom is 0.261 e. The summed E-state index contributed by atoms with van der Waals surface area (Å²) in [7, 11) is -2.09. The Labute approximate surface area is 229 Å². The number of hydrogen-bond acceptors (Lipinski definition) is 6. The van der Waals surface area contributed by atoms with Gasteiger partial charge in [-0.15, -0.1) is 0 Å². The van der Waals surface area contributed by atoms with Crippen molar-refractivity contribution in [1.82, 2.24) is 19.4 Å². The van der Waals surface area contributed by atoms with Crippen molar-refractivity contribution in [1.29, 1.82) is 5.26 Å². The zero-order valence-electron chi connectivity index (χ0n) is 22.2. The molecule has 1 aliphatic rings. The SMILES string of the molecule is COCCCNC(=O)C(C#N)=Cc1cn(-c2ccccc2)nc1-c1cccc(S(=O)(=O)N2CCC(C)CC2)c1. The molecular formula is C29H33N5O4S. The van der Waals surface area contributed by atoms with Gasteiger partial charge in [0.05, 0.1) is 10.6 Å². The van der Waals surface area contributed by atoms with Gasteiger partial charge in [-0.25, -0.2) is 13.1 Å². The van der Waals surface area contributed by atoms with Gasteiger partial charge in [0, 0.05) is 50.7 Å². The highest BCUT2D eigenvalue weighted by molar-refractivity contribution is 7.89. The fourth-order valence-electron chi connectivity index (χ4n) is 4.43. The Balaban J connectivity index is 1.73. The topological polar surface area (TPSA) is 117 Å². The predicted octanol–water partition coefficient (Wildman–Crippen LogP) is 4.02. The van der Waals surface area contributed by atoms with Crippen molar-refractivity contribution in [3.63, 3.8) is 0 Å². The van der Waals surface area contributed by atoms with E-state index in [0.29, 0.717) is 55.4 Å². The fourth-order valence-corrected chi connectivity index (χ4v) is 5.94. The first-order chi connectivity index (χ1) is 18.8. The molecular weight excluding hydrogens is 514 g/mol. The van der Waals surface area contributed by atoms with E-state index in [9.17, 15) is 18.5 Å². The number of rotatable bonds is 10. The number of para-hydroxylation sites is 1. The number of carbonyl (C=O) groups is 1. The van der Waals surface area contributed by atoms with Crippen molar-refractivity contribution in [2.45, 2.75) is 31.1 Å². The Bertz CT molecular complexity index is 1470. The molecule has 2 heterocycles. The maximum absolute atomic E-state index is 13.4. The van der Waals surface area contributed by atoms with Crippen LogP contribution in [0.1, 0.15) is 31.7 Å². The lowest BCUT2D eigenvalue weighted by molar-refractivity contribution is -0.117. The van der Waals surface area contributed by atoms with Gasteiger partial charge in [-0.05, 0) is 55.5 Å². The van der Waals surface area contributed by atoms with Gasteiger partial charge < -0.3 is 10.1 Å². The van der Waals surface area contributed by atoms with Gasteiger partial charge >= 0.3 is 0 Å². The molecule has 0 radical (unpaired) electrons. The fraction of sp³-hybridized carbons (Fsp3) is 0.345. The number of sulfonamides is 1. The average molecular weight is 548 g/mol. The van der Waals surface area contributed by atoms with Gasteiger partial charge in [0.15, 0.2) is 0 Å². The van der Waals surface area contributed by atoms with Gasteiger partial charge in [0.1, 0.15) is 17.3 Å². The zero-order valence-corrected chi connectivity index (χ0v) is 23.0. The molecule has 1 aromatic heterocycles. The summed E-state index contributed by atoms with van der Waals surface area (Å²) in [5, 5.41) is 17.2. The van der Waals surface area contributed by atoms with E-state index in [1.807, 2.05) is 36.4 Å². The zero-order chi connectivity index (χ0) is 27.8. The number of hydrogen-bond donors (Lipinski definition) is 1. The number of amides is 1. The van der Waals surface area contributed by atoms with Crippen molar-refractivity contribution >= 4 is 22.0 Å². The van der Waals surface area contributed by atoms with Gasteiger partial charge in [-0.3, -0.25) is 4.79 Å². The first kappa shape index (κ1) is 28.2. The van der Waals surface area contributed by atoms with Crippen molar-refractivity contribution < 1.29 is 17.9 Å². The maximum atomic E-state index is 13.4. The summed E-state index contributed by atoms with van der Waals surface area (Å²) in [6, 6.07) is 18.1. The van der Waals surface area contributed by atoms with Crippen molar-refractivity contribution in [2.24, 2.45) is 5.92 Å². The Kier molecular flexibility index (Phi) is 9.30. The average Bonchev–Trinajstić information content (AvgIpc) is 3.38. The molecule has 0 aliphatic carbocycles. The second-order valence-electron chi connectivity index (χ2n) is 9.60. The van der Waals surface area contributed by atoms with Crippen LogP contribution in [0.25, 0.3) is 23.0 Å². The van der Waals surface area contributed by atoms with E-state index in [4.69, 9.17) is 9.84 Å². The number of benzene rings is 2. The highest BCUT2D eigenvalue weighted by Gasteiger charge is 2.28. The smallest absolute Gasteiger partial charge is 0.261 e. The summed E-state index contributed by atoms with van der Waals surface area (Å²) in [4.78, 5) is 12.9. The van der Waals surface area contributed by atoms with Crippen LogP contribution in [0.3, 0.4) is 0 Å². The number of nitrogens with zero attached hydrogens (tertiary/aromatic N) is 4. The molecule has 39 heavy (non-hydrogen) atoms. The van der Waals surface area contributed by atoms with E-state index >= 15 is 0 Å². The Morgan fingerprint density at radius 2 is 1.92 bits per heavy atom. The van der Waals surface area contributed by atoms with E-state index in [2.05, 4.69) is 12.2 Å². The highest BCUT2D eigenvalue weighted by atomic mass is 32.2. The third-order valence-electron chi connectivity index (χ3n) is 6.73. The third kappa shape index (κ3) is 6.81. The lowest BCUT2D eigenvalue weighted by Gasteiger charge is -2.29. The number of aromatic nitrogens is 2. The van der Waals surface area contributed by atoms with Crippen LogP contribution in [-0.2, 0) is 19.6 Å². The molecule has 3 aromatic rings. The molecule has 0 saturated carbocycles. The Morgan fingerprint density at radius 1 is 1.18 bits per heavy atom. The van der Waals surface area contributed by atoms with Gasteiger partial charge in [0.2, 0.25) is 10.0 Å². The molecule has 2 aromatic carbocycles. The molecule has 204 valence electrons. The number of nitriles is 1. The van der Waals surface area contributed by atoms with E-state index in [-0.39, 0.29) is 10.5 Å². The minimum atomic E-state index is -3.67. The lowest BCUT2D eigenvalue weighted by Crippen LogP contribution is -2.37. The minimum absolute atomic E-state index is 0.0764. The summed E-state index contributed by atoms with van der Waals surface area (Å²) in [5.41, 5.74) is 2.26. The summed E-state index contributed by atoms with van der Waals surface area (Å²) in [6.45, 7) is 4.00. The molecule has 0 bridgehead atoms. The van der Waals surface area contributed by atoms with Crippen LogP contribution < -0.4 is 5.32 Å². The second-order valence-corrected chi connectivity index (χ2v) is 11.5. The first-order valence-electron chi connectivity index (χ1n) is 13.0. The molecule has 1 fully saturated rings. The van der Waals surface area contributed by atoms with Gasteiger partial charge in [0.25, 0.3) is 5.91 Å². The quantitative estimate of drug-likeness (QED) is 0.233. The predicted molar refractivity (Wildman–Crippen MR) is 149 cm³/mol. The number of methoxy groups -OCH3 is 1. The number of carbonyl (C=O) groups excluding carboxylic acids is 1. The molecule has 4 rings (SSSR count). The number of ether oxygens (including phenoxy) is 1. The van der Waals surface area contributed by atoms with Crippen LogP contribution in [0.5, 0.6) is 0 Å². The Morgan fingerprint density at radius 3 is 2.62 bits per heavy atom. The Hall–Kier alpha value is -3.78. The first-order valence-corrected chi connectivity index (χ1v) is 14.4. The largest absolute Gasteiger partial charge is 0.385 e. The summed E-state index contributed by atoms with van der Waals surface area (Å²) in [6.07, 6.45) is 5.50. The summed E-state index contributed by atoms with van der Waals surface area (Å²) < 4.78 is 35.1. The van der Waals surface area contributed by atoms with Crippen LogP contribution in [0.15, 0.2) is 71.3 Å². The minimum Gasteiger partial charge on any atom is -0.385 e. The van der Waals surface area contributed by atoms with Crippen LogP contribution in [0.2, 0.25) is 0 Å². The molecule has 1 amide bonds. The molecule has 0 unspecified atom stereocenters. The molecule has 9 nitrogen and oxygen atoms in total. The van der Waals surface area contributed by atoms with Gasteiger partial charge in [-0.1, -0.05) is 37.3 Å². The highest BCUT2D eigenvalue weighted by Crippen LogP contribution is 2.30. The molecule has 0 spiro atoms. The summed E-state index contributed by atoms with van der Waals surface area (Å²) in [5.74, 6) is 0.00765. The monoisotopic (exact) mass is 547 g/mol. The van der Waals surface area contributed by atoms with E-state index in [1.54, 1.807) is 42.3 Å². The molecule has 1 N–H and O–H groups in total. The van der Waals surface area contributed by atoms with Crippen LogP contribution >= 0.6 is 0 Å². The van der Waals surface area contributed by atoms with Gasteiger partial charge in [-0.2, -0.15) is 14.7 Å². The molecule has 10 heteroatoms. The molecule has 0 atom stereocenters.